The van der Waals surface area contributed by atoms with Crippen molar-refractivity contribution in [2.45, 2.75) is 52.1 Å². The lowest BCUT2D eigenvalue weighted by atomic mass is 9.87. The van der Waals surface area contributed by atoms with Gasteiger partial charge in [-0.25, -0.2) is 4.98 Å². The number of aromatic nitrogens is 1. The van der Waals surface area contributed by atoms with Crippen LogP contribution in [0.4, 0.5) is 11.5 Å². The number of anilines is 2. The predicted molar refractivity (Wildman–Crippen MR) is 122 cm³/mol. The van der Waals surface area contributed by atoms with E-state index >= 15 is 0 Å². The molecule has 0 aliphatic carbocycles. The molecule has 2 unspecified atom stereocenters. The molecule has 1 aliphatic rings. The third-order valence-corrected chi connectivity index (χ3v) is 5.57. The number of carbonyl (C=O) groups is 2. The molecule has 0 spiro atoms. The van der Waals surface area contributed by atoms with Crippen LogP contribution in [0.15, 0.2) is 42.6 Å². The highest BCUT2D eigenvalue weighted by Crippen LogP contribution is 2.25. The van der Waals surface area contributed by atoms with E-state index in [1.807, 2.05) is 30.3 Å². The fourth-order valence-electron chi connectivity index (χ4n) is 3.60. The summed E-state index contributed by atoms with van der Waals surface area (Å²) in [5.41, 5.74) is 7.32. The van der Waals surface area contributed by atoms with Crippen molar-refractivity contribution in [3.8, 4) is 5.75 Å². The maximum Gasteiger partial charge on any atom is 0.265 e. The zero-order chi connectivity index (χ0) is 22.6. The number of nitrogens with zero attached hydrogens (tertiary/aromatic N) is 2. The van der Waals surface area contributed by atoms with Gasteiger partial charge >= 0.3 is 0 Å². The predicted octanol–water partition coefficient (Wildman–Crippen LogP) is 3.49. The normalized spacial score (nSPS) is 17.7. The van der Waals surface area contributed by atoms with Crippen LogP contribution in [0.1, 0.15) is 46.1 Å². The Labute approximate surface area is 184 Å². The first-order valence-corrected chi connectivity index (χ1v) is 10.7. The number of ether oxygens (including phenoxy) is 1. The van der Waals surface area contributed by atoms with Crippen molar-refractivity contribution in [2.24, 2.45) is 11.7 Å². The van der Waals surface area contributed by atoms with Crippen molar-refractivity contribution in [3.05, 3.63) is 48.2 Å². The van der Waals surface area contributed by atoms with Gasteiger partial charge in [-0.2, -0.15) is 0 Å². The summed E-state index contributed by atoms with van der Waals surface area (Å²) in [5, 5.41) is 2.84. The highest BCUT2D eigenvalue weighted by atomic mass is 16.5. The Kier molecular flexibility index (Phi) is 6.83. The monoisotopic (exact) mass is 424 g/mol. The number of hydrogen-bond donors (Lipinski definition) is 2. The van der Waals surface area contributed by atoms with Crippen LogP contribution in [0.5, 0.6) is 5.75 Å². The number of carbonyl (C=O) groups excluding carboxylic acids is 2. The van der Waals surface area contributed by atoms with E-state index in [0.717, 1.165) is 25.2 Å². The second-order valence-corrected chi connectivity index (χ2v) is 9.12. The van der Waals surface area contributed by atoms with E-state index in [9.17, 15) is 9.59 Å². The number of primary amides is 1. The van der Waals surface area contributed by atoms with Gasteiger partial charge in [0.1, 0.15) is 11.6 Å². The SMILES string of the molecule is CC(Oc1ccc(C(C)(C)C)cc1)C(=O)Nc1ccc(N2CCCC(C(N)=O)C2)nc1. The molecule has 2 aromatic rings. The van der Waals surface area contributed by atoms with Gasteiger partial charge in [0.25, 0.3) is 5.91 Å². The zero-order valence-electron chi connectivity index (χ0n) is 18.7. The molecule has 7 nitrogen and oxygen atoms in total. The molecule has 0 radical (unpaired) electrons. The van der Waals surface area contributed by atoms with Crippen LogP contribution in [0.2, 0.25) is 0 Å². The van der Waals surface area contributed by atoms with Gasteiger partial charge in [0, 0.05) is 13.1 Å². The summed E-state index contributed by atoms with van der Waals surface area (Å²) in [7, 11) is 0. The Morgan fingerprint density at radius 1 is 1.19 bits per heavy atom. The van der Waals surface area contributed by atoms with Gasteiger partial charge in [0.2, 0.25) is 5.91 Å². The number of nitrogens with two attached hydrogens (primary N) is 1. The van der Waals surface area contributed by atoms with E-state index in [1.54, 1.807) is 19.2 Å². The Hall–Kier alpha value is -3.09. The van der Waals surface area contributed by atoms with Gasteiger partial charge in [0.15, 0.2) is 6.10 Å². The lowest BCUT2D eigenvalue weighted by Gasteiger charge is -2.32. The van der Waals surface area contributed by atoms with Gasteiger partial charge in [-0.05, 0) is 55.0 Å². The number of benzene rings is 1. The van der Waals surface area contributed by atoms with Crippen molar-refractivity contribution in [2.75, 3.05) is 23.3 Å². The fraction of sp³-hybridized carbons (Fsp3) is 0.458. The zero-order valence-corrected chi connectivity index (χ0v) is 18.7. The molecule has 0 saturated carbocycles. The average molecular weight is 425 g/mol. The van der Waals surface area contributed by atoms with E-state index in [1.165, 1.54) is 5.56 Å². The third-order valence-electron chi connectivity index (χ3n) is 5.57. The van der Waals surface area contributed by atoms with Gasteiger partial charge < -0.3 is 20.7 Å². The Bertz CT molecular complexity index is 904. The fourth-order valence-corrected chi connectivity index (χ4v) is 3.60. The van der Waals surface area contributed by atoms with Gasteiger partial charge in [-0.3, -0.25) is 9.59 Å². The van der Waals surface area contributed by atoms with Crippen LogP contribution in [0, 0.1) is 5.92 Å². The van der Waals surface area contributed by atoms with Gasteiger partial charge in [-0.1, -0.05) is 32.9 Å². The largest absolute Gasteiger partial charge is 0.481 e. The van der Waals surface area contributed by atoms with Gasteiger partial charge in [0.05, 0.1) is 17.8 Å². The van der Waals surface area contributed by atoms with Gasteiger partial charge in [-0.15, -0.1) is 0 Å². The minimum Gasteiger partial charge on any atom is -0.481 e. The summed E-state index contributed by atoms with van der Waals surface area (Å²) in [6, 6.07) is 11.5. The topological polar surface area (TPSA) is 97.5 Å². The molecule has 1 fully saturated rings. The molecule has 2 amide bonds. The molecule has 166 valence electrons. The molecule has 3 N–H and O–H groups in total. The van der Waals surface area contributed by atoms with E-state index in [2.05, 4.69) is 36.0 Å². The number of pyridine rings is 1. The highest BCUT2D eigenvalue weighted by Gasteiger charge is 2.25. The molecule has 2 atom stereocenters. The van der Waals surface area contributed by atoms with Crippen molar-refractivity contribution >= 4 is 23.3 Å². The van der Waals surface area contributed by atoms with Crippen LogP contribution in [-0.4, -0.2) is 36.0 Å². The van der Waals surface area contributed by atoms with Crippen molar-refractivity contribution in [3.63, 3.8) is 0 Å². The van der Waals surface area contributed by atoms with Crippen LogP contribution < -0.4 is 20.7 Å². The molecule has 7 heteroatoms. The second-order valence-electron chi connectivity index (χ2n) is 9.12. The molecule has 1 aliphatic heterocycles. The quantitative estimate of drug-likeness (QED) is 0.740. The average Bonchev–Trinajstić information content (AvgIpc) is 2.74. The van der Waals surface area contributed by atoms with Crippen LogP contribution in [-0.2, 0) is 15.0 Å². The third kappa shape index (κ3) is 5.96. The first-order chi connectivity index (χ1) is 14.6. The van der Waals surface area contributed by atoms with Crippen molar-refractivity contribution < 1.29 is 14.3 Å². The molecule has 1 saturated heterocycles. The first kappa shape index (κ1) is 22.6. The Morgan fingerprint density at radius 3 is 2.48 bits per heavy atom. The standard InChI is InChI=1S/C24H32N4O3/c1-16(31-20-10-7-18(8-11-20)24(2,3)4)23(30)27-19-9-12-21(26-14-19)28-13-5-6-17(15-28)22(25)29/h7-12,14,16-17H,5-6,13,15H2,1-4H3,(H2,25,29)(H,27,30). The molecule has 3 rings (SSSR count). The number of nitrogens with one attached hydrogen (secondary N) is 1. The minimum atomic E-state index is -0.654. The highest BCUT2D eigenvalue weighted by molar-refractivity contribution is 5.94. The van der Waals surface area contributed by atoms with Crippen molar-refractivity contribution in [1.82, 2.24) is 4.98 Å². The summed E-state index contributed by atoms with van der Waals surface area (Å²) in [4.78, 5) is 30.5. The smallest absolute Gasteiger partial charge is 0.265 e. The first-order valence-electron chi connectivity index (χ1n) is 10.7. The summed E-state index contributed by atoms with van der Waals surface area (Å²) in [6.45, 7) is 9.58. The van der Waals surface area contributed by atoms with E-state index in [4.69, 9.17) is 10.5 Å². The van der Waals surface area contributed by atoms with E-state index in [0.29, 0.717) is 18.0 Å². The molecule has 0 bridgehead atoms. The Balaban J connectivity index is 1.55. The lowest BCUT2D eigenvalue weighted by Crippen LogP contribution is -2.41. The number of rotatable bonds is 6. The van der Waals surface area contributed by atoms with Crippen LogP contribution >= 0.6 is 0 Å². The number of piperidine rings is 1. The minimum absolute atomic E-state index is 0.0651. The maximum absolute atomic E-state index is 12.5. The maximum atomic E-state index is 12.5. The molecular formula is C24H32N4O3. The summed E-state index contributed by atoms with van der Waals surface area (Å²) in [5.74, 6) is 0.757. The lowest BCUT2D eigenvalue weighted by molar-refractivity contribution is -0.122. The van der Waals surface area contributed by atoms with Crippen LogP contribution in [0.25, 0.3) is 0 Å². The molecule has 2 heterocycles. The molecule has 1 aromatic heterocycles. The molecular weight excluding hydrogens is 392 g/mol. The van der Waals surface area contributed by atoms with E-state index < -0.39 is 6.10 Å². The Morgan fingerprint density at radius 2 is 1.90 bits per heavy atom. The number of hydrogen-bond acceptors (Lipinski definition) is 5. The summed E-state index contributed by atoms with van der Waals surface area (Å²) < 4.78 is 5.78. The number of amides is 2. The molecule has 1 aromatic carbocycles. The van der Waals surface area contributed by atoms with Crippen molar-refractivity contribution in [1.29, 1.82) is 0 Å². The summed E-state index contributed by atoms with van der Waals surface area (Å²) >= 11 is 0. The van der Waals surface area contributed by atoms with Crippen LogP contribution in [0.3, 0.4) is 0 Å². The summed E-state index contributed by atoms with van der Waals surface area (Å²) in [6.07, 6.45) is 2.68. The second kappa shape index (κ2) is 9.37. The molecule has 31 heavy (non-hydrogen) atoms. The van der Waals surface area contributed by atoms with E-state index in [-0.39, 0.29) is 23.1 Å².